The molecular formula is C15H24N3O12P. The minimum atomic E-state index is -5.28. The number of nitrogens with zero attached hydrogens (tertiary/aromatic N) is 2. The molecule has 2 fully saturated rings. The van der Waals surface area contributed by atoms with Crippen LogP contribution in [-0.4, -0.2) is 103 Å². The minimum absolute atomic E-state index is 0.190. The molecule has 0 aliphatic carbocycles. The first-order valence-corrected chi connectivity index (χ1v) is 10.6. The van der Waals surface area contributed by atoms with Gasteiger partial charge in [0, 0.05) is 13.3 Å². The molecule has 2 aliphatic heterocycles. The number of phosphoric ester groups is 1. The van der Waals surface area contributed by atoms with Gasteiger partial charge in [0.25, 0.3) is 0 Å². The van der Waals surface area contributed by atoms with Crippen LogP contribution in [0.25, 0.3) is 0 Å². The molecule has 0 bridgehead atoms. The Bertz CT molecular complexity index is 894. The predicted molar refractivity (Wildman–Crippen MR) is 98.3 cm³/mol. The molecule has 31 heavy (non-hydrogen) atoms. The van der Waals surface area contributed by atoms with Gasteiger partial charge in [0.2, 0.25) is 5.72 Å². The van der Waals surface area contributed by atoms with Crippen molar-refractivity contribution < 1.29 is 53.5 Å². The average molecular weight is 469 g/mol. The largest absolute Gasteiger partial charge is 0.470 e. The van der Waals surface area contributed by atoms with Crippen molar-refractivity contribution in [3.63, 3.8) is 0 Å². The number of aliphatic hydroxyl groups excluding tert-OH is 4. The summed E-state index contributed by atoms with van der Waals surface area (Å²) >= 11 is 0. The van der Waals surface area contributed by atoms with Gasteiger partial charge in [0.1, 0.15) is 48.5 Å². The molecule has 176 valence electrons. The van der Waals surface area contributed by atoms with E-state index in [1.807, 2.05) is 0 Å². The van der Waals surface area contributed by atoms with Crippen LogP contribution in [0.3, 0.4) is 0 Å². The quantitative estimate of drug-likeness (QED) is 0.188. The van der Waals surface area contributed by atoms with Crippen LogP contribution in [0.1, 0.15) is 0 Å². The van der Waals surface area contributed by atoms with Crippen LogP contribution in [0.15, 0.2) is 17.1 Å². The van der Waals surface area contributed by atoms with Crippen LogP contribution in [-0.2, 0) is 29.0 Å². The van der Waals surface area contributed by atoms with Crippen molar-refractivity contribution in [1.82, 2.24) is 9.55 Å². The van der Waals surface area contributed by atoms with Gasteiger partial charge in [0.15, 0.2) is 0 Å². The highest BCUT2D eigenvalue weighted by Crippen LogP contribution is 2.51. The molecule has 1 aromatic heterocycles. The van der Waals surface area contributed by atoms with Crippen molar-refractivity contribution in [3.8, 4) is 0 Å². The summed E-state index contributed by atoms with van der Waals surface area (Å²) in [4.78, 5) is 35.3. The zero-order valence-corrected chi connectivity index (χ0v) is 17.1. The maximum atomic E-state index is 12.7. The number of methoxy groups -OCH3 is 1. The zero-order valence-electron chi connectivity index (χ0n) is 16.2. The molecule has 1 unspecified atom stereocenters. The Morgan fingerprint density at radius 2 is 1.90 bits per heavy atom. The molecule has 0 spiro atoms. The Kier molecular flexibility index (Phi) is 6.86. The number of rotatable bonds is 7. The summed E-state index contributed by atoms with van der Waals surface area (Å²) < 4.78 is 34.0. The second kappa shape index (κ2) is 8.80. The van der Waals surface area contributed by atoms with Crippen molar-refractivity contribution in [3.05, 3.63) is 22.7 Å². The highest BCUT2D eigenvalue weighted by atomic mass is 31.2. The van der Waals surface area contributed by atoms with Gasteiger partial charge >= 0.3 is 13.5 Å². The fourth-order valence-electron chi connectivity index (χ4n) is 3.99. The first kappa shape index (κ1) is 24.2. The van der Waals surface area contributed by atoms with E-state index in [0.717, 1.165) is 19.4 Å². The number of hydrogen-bond donors (Lipinski definition) is 7. The average Bonchev–Trinajstić information content (AvgIpc) is 3.15. The van der Waals surface area contributed by atoms with Crippen LogP contribution >= 0.6 is 7.82 Å². The molecule has 16 heteroatoms. The molecule has 15 nitrogen and oxygen atoms in total. The van der Waals surface area contributed by atoms with Crippen LogP contribution in [0.2, 0.25) is 0 Å². The summed E-state index contributed by atoms with van der Waals surface area (Å²) in [5, 5.41) is 40.1. The van der Waals surface area contributed by atoms with Crippen molar-refractivity contribution in [1.29, 1.82) is 0 Å². The van der Waals surface area contributed by atoms with Crippen LogP contribution in [0.5, 0.6) is 0 Å². The normalized spacial score (nSPS) is 38.6. The van der Waals surface area contributed by atoms with Gasteiger partial charge in [-0.05, 0) is 6.07 Å². The maximum absolute atomic E-state index is 12.7. The molecule has 3 rings (SSSR count). The third-order valence-corrected chi connectivity index (χ3v) is 5.77. The molecule has 8 atom stereocenters. The summed E-state index contributed by atoms with van der Waals surface area (Å²) in [6, 6.07) is 1.16. The van der Waals surface area contributed by atoms with E-state index < -0.39 is 75.2 Å². The third kappa shape index (κ3) is 4.15. The topological polar surface area (TPSA) is 236 Å². The Balaban J connectivity index is 2.28. The highest BCUT2D eigenvalue weighted by molar-refractivity contribution is 7.46. The summed E-state index contributed by atoms with van der Waals surface area (Å²) in [6.45, 7) is -1.48. The molecule has 0 saturated carbocycles. The second-order valence-electron chi connectivity index (χ2n) is 7.07. The van der Waals surface area contributed by atoms with Crippen LogP contribution < -0.4 is 11.4 Å². The molecule has 0 aromatic carbocycles. The first-order valence-electron chi connectivity index (χ1n) is 9.03. The van der Waals surface area contributed by atoms with E-state index in [2.05, 4.69) is 4.98 Å². The molecule has 2 aliphatic rings. The Morgan fingerprint density at radius 3 is 2.39 bits per heavy atom. The Morgan fingerprint density at radius 1 is 1.26 bits per heavy atom. The fraction of sp³-hybridized carbons (Fsp3) is 0.733. The number of anilines is 1. The number of phosphoric acid groups is 1. The van der Waals surface area contributed by atoms with E-state index in [-0.39, 0.29) is 5.82 Å². The second-order valence-corrected chi connectivity index (χ2v) is 8.26. The Hall–Kier alpha value is -1.49. The summed E-state index contributed by atoms with van der Waals surface area (Å²) in [7, 11) is -4.13. The smallest absolute Gasteiger partial charge is 0.394 e. The van der Waals surface area contributed by atoms with Crippen molar-refractivity contribution in [2.45, 2.75) is 48.5 Å². The van der Waals surface area contributed by atoms with Gasteiger partial charge in [-0.2, -0.15) is 4.98 Å². The van der Waals surface area contributed by atoms with Gasteiger partial charge in [-0.1, -0.05) is 0 Å². The predicted octanol–water partition coefficient (Wildman–Crippen LogP) is -4.16. The van der Waals surface area contributed by atoms with E-state index >= 15 is 0 Å². The summed E-state index contributed by atoms with van der Waals surface area (Å²) in [5.41, 5.74) is 2.04. The van der Waals surface area contributed by atoms with E-state index in [4.69, 9.17) is 24.5 Å². The van der Waals surface area contributed by atoms with Crippen molar-refractivity contribution in [2.75, 3.05) is 26.1 Å². The van der Waals surface area contributed by atoms with E-state index in [1.54, 1.807) is 0 Å². The van der Waals surface area contributed by atoms with E-state index in [0.29, 0.717) is 4.57 Å². The SMILES string of the molecule is CO[C@H]1[C@@H](OP(=O)(O)O)[C@](C2O[C@H](CO)[C@H](O)[C@H]2O)(n2ccc(N)nc2=O)O[C@@H]1CO. The number of aromatic nitrogens is 2. The van der Waals surface area contributed by atoms with Crippen molar-refractivity contribution >= 4 is 13.6 Å². The monoisotopic (exact) mass is 469 g/mol. The fourth-order valence-corrected chi connectivity index (χ4v) is 4.56. The number of ether oxygens (including phenoxy) is 3. The summed E-state index contributed by atoms with van der Waals surface area (Å²) in [5.74, 6) is -0.190. The third-order valence-electron chi connectivity index (χ3n) is 5.27. The van der Waals surface area contributed by atoms with Gasteiger partial charge < -0.3 is 50.2 Å². The number of nitrogen functional groups attached to an aromatic ring is 1. The van der Waals surface area contributed by atoms with Gasteiger partial charge in [0.05, 0.1) is 13.2 Å². The lowest BCUT2D eigenvalue weighted by Crippen LogP contribution is -2.61. The molecular weight excluding hydrogens is 445 g/mol. The molecule has 3 heterocycles. The highest BCUT2D eigenvalue weighted by Gasteiger charge is 2.68. The van der Waals surface area contributed by atoms with Crippen molar-refractivity contribution in [2.24, 2.45) is 0 Å². The van der Waals surface area contributed by atoms with E-state index in [9.17, 15) is 39.6 Å². The van der Waals surface area contributed by atoms with Crippen LogP contribution in [0.4, 0.5) is 5.82 Å². The summed E-state index contributed by atoms with van der Waals surface area (Å²) in [6.07, 6.45) is -10.0. The lowest BCUT2D eigenvalue weighted by Gasteiger charge is -2.41. The number of aliphatic hydroxyl groups is 4. The van der Waals surface area contributed by atoms with Gasteiger partial charge in [-0.15, -0.1) is 0 Å². The molecule has 1 aromatic rings. The molecule has 0 radical (unpaired) electrons. The minimum Gasteiger partial charge on any atom is -0.394 e. The first-order chi connectivity index (χ1) is 14.5. The Labute approximate surface area is 174 Å². The molecule has 0 amide bonds. The molecule has 8 N–H and O–H groups in total. The van der Waals surface area contributed by atoms with Crippen LogP contribution in [0, 0.1) is 0 Å². The standard InChI is InChI=1S/C15H24N3O12P/c1-27-11-7(5-20)29-15(13(11)30-31(24,25)26,18-3-2-8(16)17-14(18)23)12-10(22)9(21)6(4-19)28-12/h2-3,6-7,9-13,19-22H,4-5H2,1H3,(H2,16,17,23)(H2,24,25,26)/t6-,7-,9+,10-,11-,12?,13-,15-/m1/s1. The zero-order chi connectivity index (χ0) is 23.1. The lowest BCUT2D eigenvalue weighted by atomic mass is 9.92. The van der Waals surface area contributed by atoms with Gasteiger partial charge in [-0.3, -0.25) is 9.09 Å². The number of nitrogens with two attached hydrogens (primary N) is 1. The maximum Gasteiger partial charge on any atom is 0.470 e. The lowest BCUT2D eigenvalue weighted by molar-refractivity contribution is -0.232. The molecule has 2 saturated heterocycles. The number of hydrogen-bond acceptors (Lipinski definition) is 12. The van der Waals surface area contributed by atoms with E-state index in [1.165, 1.54) is 0 Å². The van der Waals surface area contributed by atoms with Gasteiger partial charge in [-0.25, -0.2) is 9.36 Å².